The summed E-state index contributed by atoms with van der Waals surface area (Å²) in [5, 5.41) is 40.0. The molecule has 0 saturated carbocycles. The number of nitro groups is 1. The maximum atomic E-state index is 13.6. The van der Waals surface area contributed by atoms with Crippen LogP contribution in [0.25, 0.3) is 0 Å². The van der Waals surface area contributed by atoms with Crippen molar-refractivity contribution in [3.8, 4) is 0 Å². The van der Waals surface area contributed by atoms with E-state index in [4.69, 9.17) is 5.11 Å². The van der Waals surface area contributed by atoms with Crippen LogP contribution in [0.5, 0.6) is 0 Å². The maximum Gasteiger partial charge on any atom is 0.269 e. The van der Waals surface area contributed by atoms with Gasteiger partial charge in [-0.25, -0.2) is 0 Å². The van der Waals surface area contributed by atoms with Gasteiger partial charge in [0.15, 0.2) is 5.60 Å². The fourth-order valence-corrected chi connectivity index (χ4v) is 4.13. The highest BCUT2D eigenvalue weighted by Gasteiger charge is 2.53. The number of aliphatic hydroxyl groups excluding tert-OH is 1. The Balaban J connectivity index is 1.60. The smallest absolute Gasteiger partial charge is 0.269 e. The van der Waals surface area contributed by atoms with Gasteiger partial charge in [0, 0.05) is 55.1 Å². The second-order valence-corrected chi connectivity index (χ2v) is 8.15. The Labute approximate surface area is 195 Å². The molecule has 1 amide bonds. The third-order valence-electron chi connectivity index (χ3n) is 5.95. The first-order valence-electron chi connectivity index (χ1n) is 10.9. The standard InChI is InChI=1S/C24H25N5O5/c1-17(7-5-6-13-27-16-18(12-14-30)25-26-27)24(32)21-15-20(29(33)34)10-11-22(21)28(23(24)31)19-8-3-2-4-9-19/h2-5,7-11,15-17,30,32H,6,12-14H2,1H3/b7-5+/t17-,24+/m0/s1. The van der Waals surface area contributed by atoms with Gasteiger partial charge < -0.3 is 10.2 Å². The molecule has 1 aromatic heterocycles. The summed E-state index contributed by atoms with van der Waals surface area (Å²) in [5.74, 6) is -1.22. The van der Waals surface area contributed by atoms with Crippen LogP contribution >= 0.6 is 0 Å². The quantitative estimate of drug-likeness (QED) is 0.283. The number of hydrogen-bond acceptors (Lipinski definition) is 7. The second-order valence-electron chi connectivity index (χ2n) is 8.15. The number of non-ortho nitro benzene ring substituents is 1. The van der Waals surface area contributed by atoms with Crippen molar-refractivity contribution in [3.05, 3.63) is 88.3 Å². The zero-order valence-corrected chi connectivity index (χ0v) is 18.6. The van der Waals surface area contributed by atoms with Crippen LogP contribution in [0, 0.1) is 16.0 Å². The topological polar surface area (TPSA) is 135 Å². The van der Waals surface area contributed by atoms with Crippen LogP contribution in [-0.4, -0.2) is 42.6 Å². The molecule has 0 fully saturated rings. The van der Waals surface area contributed by atoms with Crippen LogP contribution in [0.3, 0.4) is 0 Å². The minimum atomic E-state index is -1.96. The monoisotopic (exact) mass is 463 g/mol. The van der Waals surface area contributed by atoms with Gasteiger partial charge in [0.2, 0.25) is 0 Å². The molecule has 1 aliphatic heterocycles. The lowest BCUT2D eigenvalue weighted by atomic mass is 9.82. The number of carbonyl (C=O) groups is 1. The molecule has 2 N–H and O–H groups in total. The predicted molar refractivity (Wildman–Crippen MR) is 124 cm³/mol. The summed E-state index contributed by atoms with van der Waals surface area (Å²) in [6.45, 7) is 2.24. The molecule has 2 atom stereocenters. The number of hydrogen-bond donors (Lipinski definition) is 2. The summed E-state index contributed by atoms with van der Waals surface area (Å²) in [5.41, 5.74) is -0.262. The third kappa shape index (κ3) is 4.20. The fraction of sp³-hybridized carbons (Fsp3) is 0.292. The number of aromatic nitrogens is 3. The number of para-hydroxylation sites is 1. The molecule has 1 aliphatic rings. The first-order valence-corrected chi connectivity index (χ1v) is 10.9. The van der Waals surface area contributed by atoms with Gasteiger partial charge in [0.1, 0.15) is 0 Å². The summed E-state index contributed by atoms with van der Waals surface area (Å²) in [6, 6.07) is 13.0. The summed E-state index contributed by atoms with van der Waals surface area (Å²) < 4.78 is 1.66. The van der Waals surface area contributed by atoms with Crippen molar-refractivity contribution < 1.29 is 19.9 Å². The molecule has 0 aliphatic carbocycles. The Morgan fingerprint density at radius 3 is 2.71 bits per heavy atom. The van der Waals surface area contributed by atoms with E-state index in [-0.39, 0.29) is 17.9 Å². The van der Waals surface area contributed by atoms with Gasteiger partial charge in [-0.05, 0) is 24.6 Å². The molecule has 10 heteroatoms. The number of amides is 1. The Hall–Kier alpha value is -3.89. The van der Waals surface area contributed by atoms with Crippen LogP contribution in [0.1, 0.15) is 24.6 Å². The van der Waals surface area contributed by atoms with Gasteiger partial charge in [-0.3, -0.25) is 24.5 Å². The van der Waals surface area contributed by atoms with E-state index in [0.717, 1.165) is 0 Å². The number of nitro benzene ring substituents is 1. The maximum absolute atomic E-state index is 13.6. The molecule has 176 valence electrons. The van der Waals surface area contributed by atoms with Crippen molar-refractivity contribution >= 4 is 23.0 Å². The molecule has 3 aromatic rings. The van der Waals surface area contributed by atoms with Crippen LogP contribution in [0.4, 0.5) is 17.1 Å². The lowest BCUT2D eigenvalue weighted by Crippen LogP contribution is -2.42. The number of rotatable bonds is 9. The molecule has 2 aromatic carbocycles. The number of anilines is 2. The Kier molecular flexibility index (Phi) is 6.53. The molecular weight excluding hydrogens is 438 g/mol. The van der Waals surface area contributed by atoms with Crippen molar-refractivity contribution in [1.29, 1.82) is 0 Å². The fourth-order valence-electron chi connectivity index (χ4n) is 4.13. The zero-order chi connectivity index (χ0) is 24.3. The van der Waals surface area contributed by atoms with Crippen LogP contribution in [0.2, 0.25) is 0 Å². The number of fused-ring (bicyclic) bond motifs is 1. The summed E-state index contributed by atoms with van der Waals surface area (Å²) in [4.78, 5) is 25.8. The molecule has 4 rings (SSSR count). The van der Waals surface area contributed by atoms with Crippen molar-refractivity contribution in [2.45, 2.75) is 31.9 Å². The molecule has 10 nitrogen and oxygen atoms in total. The van der Waals surface area contributed by atoms with E-state index in [1.807, 2.05) is 12.1 Å². The van der Waals surface area contributed by atoms with Gasteiger partial charge in [-0.2, -0.15) is 0 Å². The van der Waals surface area contributed by atoms with E-state index in [0.29, 0.717) is 36.5 Å². The largest absolute Gasteiger partial charge is 0.396 e. The van der Waals surface area contributed by atoms with E-state index in [9.17, 15) is 20.0 Å². The number of carbonyl (C=O) groups excluding carboxylic acids is 1. The summed E-state index contributed by atoms with van der Waals surface area (Å²) >= 11 is 0. The van der Waals surface area contributed by atoms with Crippen LogP contribution in [0.15, 0.2) is 66.9 Å². The second kappa shape index (κ2) is 9.54. The first kappa shape index (κ1) is 23.3. The minimum Gasteiger partial charge on any atom is -0.396 e. The van der Waals surface area contributed by atoms with E-state index >= 15 is 0 Å². The third-order valence-corrected chi connectivity index (χ3v) is 5.95. The van der Waals surface area contributed by atoms with E-state index in [1.165, 1.54) is 23.1 Å². The highest BCUT2D eigenvalue weighted by atomic mass is 16.6. The molecule has 0 radical (unpaired) electrons. The average Bonchev–Trinajstić information content (AvgIpc) is 3.38. The number of benzene rings is 2. The van der Waals surface area contributed by atoms with Gasteiger partial charge in [-0.15, -0.1) is 5.10 Å². The number of aliphatic hydroxyl groups is 2. The first-order chi connectivity index (χ1) is 16.4. The zero-order valence-electron chi connectivity index (χ0n) is 18.6. The van der Waals surface area contributed by atoms with Crippen LogP contribution < -0.4 is 4.90 Å². The van der Waals surface area contributed by atoms with Crippen molar-refractivity contribution in [1.82, 2.24) is 15.0 Å². The molecule has 0 saturated heterocycles. The van der Waals surface area contributed by atoms with Crippen molar-refractivity contribution in [3.63, 3.8) is 0 Å². The molecule has 0 spiro atoms. The minimum absolute atomic E-state index is 0.00234. The van der Waals surface area contributed by atoms with E-state index in [1.54, 1.807) is 48.1 Å². The number of aryl methyl sites for hydroxylation is 1. The molecule has 0 bridgehead atoms. The van der Waals surface area contributed by atoms with Gasteiger partial charge in [0.05, 0.1) is 16.3 Å². The summed E-state index contributed by atoms with van der Waals surface area (Å²) in [6.07, 6.45) is 6.34. The highest BCUT2D eigenvalue weighted by molar-refractivity contribution is 6.12. The Morgan fingerprint density at radius 1 is 1.24 bits per heavy atom. The normalized spacial score (nSPS) is 18.4. The van der Waals surface area contributed by atoms with E-state index < -0.39 is 22.3 Å². The number of allylic oxidation sites excluding steroid dienone is 1. The predicted octanol–water partition coefficient (Wildman–Crippen LogP) is 2.87. The Morgan fingerprint density at radius 2 is 2.00 bits per heavy atom. The highest BCUT2D eigenvalue weighted by Crippen LogP contribution is 2.49. The van der Waals surface area contributed by atoms with Gasteiger partial charge in [-0.1, -0.05) is 42.5 Å². The average molecular weight is 463 g/mol. The van der Waals surface area contributed by atoms with Crippen molar-refractivity contribution in [2.24, 2.45) is 5.92 Å². The molecule has 34 heavy (non-hydrogen) atoms. The Bertz CT molecular complexity index is 1230. The molecule has 0 unspecified atom stereocenters. The number of nitrogens with zero attached hydrogens (tertiary/aromatic N) is 5. The van der Waals surface area contributed by atoms with Gasteiger partial charge in [0.25, 0.3) is 11.6 Å². The molecular formula is C24H25N5O5. The van der Waals surface area contributed by atoms with E-state index in [2.05, 4.69) is 10.3 Å². The van der Waals surface area contributed by atoms with Crippen LogP contribution in [-0.2, 0) is 23.4 Å². The van der Waals surface area contributed by atoms with Gasteiger partial charge >= 0.3 is 0 Å². The lowest BCUT2D eigenvalue weighted by molar-refractivity contribution is -0.385. The van der Waals surface area contributed by atoms with Crippen molar-refractivity contribution in [2.75, 3.05) is 11.5 Å². The SMILES string of the molecule is C[C@@H](/C=C/CCn1cc(CCO)nn1)[C@]1(O)C(=O)N(c2ccccc2)c2ccc([N+](=O)[O-])cc21. The lowest BCUT2D eigenvalue weighted by Gasteiger charge is -2.27. The molecule has 2 heterocycles. The summed E-state index contributed by atoms with van der Waals surface area (Å²) in [7, 11) is 0.